The topological polar surface area (TPSA) is 88.6 Å². The van der Waals surface area contributed by atoms with Crippen molar-refractivity contribution in [2.75, 3.05) is 26.2 Å². The van der Waals surface area contributed by atoms with Crippen LogP contribution in [0.15, 0.2) is 78.3 Å². The first-order valence-corrected chi connectivity index (χ1v) is 21.2. The van der Waals surface area contributed by atoms with Crippen LogP contribution in [0.5, 0.6) is 0 Å². The molecule has 6 heterocycles. The molecule has 2 aliphatic carbocycles. The largest absolute Gasteiger partial charge is 0.351 e. The molecule has 278 valence electrons. The number of H-pyrrole nitrogens is 1. The Morgan fingerprint density at radius 1 is 0.706 bits per heavy atom. The van der Waals surface area contributed by atoms with Crippen LogP contribution in [0.1, 0.15) is 65.0 Å². The molecule has 6 aromatic rings. The molecule has 0 saturated heterocycles. The number of hydrogen-bond donors (Lipinski definition) is 1. The fourth-order valence-corrected chi connectivity index (χ4v) is 7.74. The molecule has 10 nitrogen and oxygen atoms in total. The van der Waals surface area contributed by atoms with E-state index >= 15 is 0 Å². The van der Waals surface area contributed by atoms with Crippen molar-refractivity contribution in [1.29, 1.82) is 0 Å². The van der Waals surface area contributed by atoms with Gasteiger partial charge in [0.05, 0.1) is 34.7 Å². The molecule has 4 aromatic heterocycles. The van der Waals surface area contributed by atoms with Gasteiger partial charge >= 0.3 is 33.1 Å². The van der Waals surface area contributed by atoms with E-state index in [1.165, 1.54) is 74.3 Å². The zero-order valence-corrected chi connectivity index (χ0v) is 32.2. The van der Waals surface area contributed by atoms with Gasteiger partial charge in [-0.2, -0.15) is 0 Å². The van der Waals surface area contributed by atoms with Crippen LogP contribution in [0, 0.1) is 0 Å². The maximum Gasteiger partial charge on any atom is 0.111 e. The van der Waals surface area contributed by atoms with E-state index in [1.54, 1.807) is 39.1 Å². The standard InChI is InChI=1S/C18H21N5.C15H18BrN3.C3H4N2.2CH4.Cu.HI/c1-2-14(3-1)21-8-6-18-20-16-12-15(22-9-7-19-13-22)4-5-17(16)23(18)11-10-21;16-11-4-5-14-13(10-11)17-15-6-7-18(8-9-19(14)15)12-2-1-3-12;1-2-5-3-4-1;;;;/h4-5,7,9,12-14H,1-3,6,8,10-11H2;4-5,10,12H,1-3,6-9H2;1-3H,(H,4,5);2*1H4;;1H/q;;;;;+1;/p-1. The molecule has 2 aliphatic heterocycles. The van der Waals surface area contributed by atoms with Crippen molar-refractivity contribution in [2.45, 2.75) is 91.4 Å². The van der Waals surface area contributed by atoms with E-state index in [2.05, 4.69) is 99.0 Å². The average molecular weight is 918 g/mol. The first-order chi connectivity index (χ1) is 24.2. The Morgan fingerprint density at radius 2 is 1.29 bits per heavy atom. The Balaban J connectivity index is 0.000000163. The van der Waals surface area contributed by atoms with Crippen LogP contribution in [0.2, 0.25) is 0 Å². The molecule has 2 fully saturated rings. The van der Waals surface area contributed by atoms with Gasteiger partial charge in [0, 0.05) is 99.1 Å². The predicted molar refractivity (Wildman–Crippen MR) is 216 cm³/mol. The second kappa shape index (κ2) is 19.0. The van der Waals surface area contributed by atoms with Crippen LogP contribution in [-0.2, 0) is 38.7 Å². The van der Waals surface area contributed by atoms with Gasteiger partial charge in [-0.05, 0) is 62.1 Å². The number of fused-ring (bicyclic) bond motifs is 6. The molecule has 51 heavy (non-hydrogen) atoms. The Kier molecular flexibility index (Phi) is 14.8. The number of nitrogens with one attached hydrogen (secondary N) is 1. The Morgan fingerprint density at radius 3 is 1.76 bits per heavy atom. The van der Waals surface area contributed by atoms with E-state index in [9.17, 15) is 0 Å². The minimum Gasteiger partial charge on any atom is -0.351 e. The van der Waals surface area contributed by atoms with E-state index in [0.717, 1.165) is 72.3 Å². The van der Waals surface area contributed by atoms with Crippen LogP contribution in [0.3, 0.4) is 0 Å². The fraction of sp³-hybridized carbons (Fsp3) is 0.474. The number of hydrogen-bond acceptors (Lipinski definition) is 6. The molecule has 10 rings (SSSR count). The Bertz CT molecular complexity index is 1900. The zero-order chi connectivity index (χ0) is 33.6. The van der Waals surface area contributed by atoms with Crippen molar-refractivity contribution in [1.82, 2.24) is 48.4 Å². The van der Waals surface area contributed by atoms with Crippen LogP contribution in [-0.4, -0.2) is 86.7 Å². The predicted octanol–water partition coefficient (Wildman–Crippen LogP) is 8.41. The summed E-state index contributed by atoms with van der Waals surface area (Å²) in [5.41, 5.74) is 5.90. The fourth-order valence-electron chi connectivity index (χ4n) is 7.39. The van der Waals surface area contributed by atoms with Crippen molar-refractivity contribution in [2.24, 2.45) is 0 Å². The molecule has 0 radical (unpaired) electrons. The Hall–Kier alpha value is -2.55. The summed E-state index contributed by atoms with van der Waals surface area (Å²) >= 11 is 9.40. The second-order valence-electron chi connectivity index (χ2n) is 13.1. The summed E-state index contributed by atoms with van der Waals surface area (Å²) in [6, 6.07) is 14.7. The maximum absolute atomic E-state index is 4.92. The van der Waals surface area contributed by atoms with Crippen molar-refractivity contribution in [3.8, 4) is 5.69 Å². The van der Waals surface area contributed by atoms with Gasteiger partial charge in [-0.15, -0.1) is 0 Å². The first-order valence-electron chi connectivity index (χ1n) is 17.3. The van der Waals surface area contributed by atoms with Gasteiger partial charge in [0.15, 0.2) is 0 Å². The van der Waals surface area contributed by atoms with Crippen molar-refractivity contribution in [3.05, 3.63) is 90.0 Å². The number of benzene rings is 2. The smallest absolute Gasteiger partial charge is 0.111 e. The molecule has 4 aliphatic rings. The number of halogens is 2. The van der Waals surface area contributed by atoms with Crippen LogP contribution in [0.25, 0.3) is 27.8 Å². The molecule has 2 aromatic carbocycles. The number of aromatic nitrogens is 8. The number of aromatic amines is 1. The summed E-state index contributed by atoms with van der Waals surface area (Å²) in [5, 5.41) is 0. The summed E-state index contributed by atoms with van der Waals surface area (Å²) < 4.78 is 7.98. The molecule has 0 atom stereocenters. The zero-order valence-electron chi connectivity index (χ0n) is 27.6. The third-order valence-corrected chi connectivity index (χ3v) is 11.0. The summed E-state index contributed by atoms with van der Waals surface area (Å²) in [7, 11) is 0. The van der Waals surface area contributed by atoms with Crippen LogP contribution in [0.4, 0.5) is 0 Å². The molecular formula is C38H51BrCuIN10. The molecule has 0 spiro atoms. The van der Waals surface area contributed by atoms with Gasteiger partial charge in [-0.1, -0.05) is 43.6 Å². The minimum absolute atomic E-state index is 0. The van der Waals surface area contributed by atoms with Crippen LogP contribution >= 0.6 is 36.3 Å². The normalized spacial score (nSPS) is 17.6. The minimum atomic E-state index is 0. The van der Waals surface area contributed by atoms with Gasteiger partial charge in [0.1, 0.15) is 11.6 Å². The summed E-state index contributed by atoms with van der Waals surface area (Å²) in [4.78, 5) is 25.6. The molecular weight excluding hydrogens is 867 g/mol. The quantitative estimate of drug-likeness (QED) is 0.142. The average Bonchev–Trinajstić information content (AvgIpc) is 3.89. The maximum atomic E-state index is 4.92. The first kappa shape index (κ1) is 39.7. The second-order valence-corrected chi connectivity index (χ2v) is 14.1. The summed E-state index contributed by atoms with van der Waals surface area (Å²) in [5.74, 6) is 2.50. The SMILES string of the molecule is Brc1ccc2c(c1)nc1n2CCN(C2CCC2)CC1.C.C.[Cu][I].c1c[nH]cn1.c1cn(-c2ccc3c(c2)nc2n3CCN(C3CCC3)CC2)cn1. The van der Waals surface area contributed by atoms with Crippen molar-refractivity contribution >= 4 is 58.3 Å². The molecule has 0 bridgehead atoms. The number of rotatable bonds is 3. The van der Waals surface area contributed by atoms with Crippen molar-refractivity contribution < 1.29 is 12.8 Å². The van der Waals surface area contributed by atoms with E-state index in [4.69, 9.17) is 9.97 Å². The van der Waals surface area contributed by atoms with E-state index in [0.29, 0.717) is 0 Å². The number of nitrogens with zero attached hydrogens (tertiary/aromatic N) is 9. The van der Waals surface area contributed by atoms with Gasteiger partial charge in [0.25, 0.3) is 0 Å². The van der Waals surface area contributed by atoms with Crippen molar-refractivity contribution in [3.63, 3.8) is 0 Å². The molecule has 0 amide bonds. The van der Waals surface area contributed by atoms with Gasteiger partial charge in [-0.25, -0.2) is 19.9 Å². The van der Waals surface area contributed by atoms with Gasteiger partial charge in [-0.3, -0.25) is 9.80 Å². The third kappa shape index (κ3) is 9.16. The van der Waals surface area contributed by atoms with Gasteiger partial charge < -0.3 is 18.7 Å². The third-order valence-electron chi connectivity index (χ3n) is 10.5. The van der Waals surface area contributed by atoms with Crippen LogP contribution < -0.4 is 0 Å². The molecule has 13 heteroatoms. The molecule has 2 saturated carbocycles. The Labute approximate surface area is 330 Å². The molecule has 1 N–H and O–H groups in total. The molecule has 0 unspecified atom stereocenters. The van der Waals surface area contributed by atoms with Gasteiger partial charge in [0.2, 0.25) is 0 Å². The monoisotopic (exact) mass is 916 g/mol. The summed E-state index contributed by atoms with van der Waals surface area (Å²) in [6.07, 6.45) is 21.2. The van der Waals surface area contributed by atoms with E-state index in [-0.39, 0.29) is 14.9 Å². The van der Waals surface area contributed by atoms with E-state index < -0.39 is 0 Å². The summed E-state index contributed by atoms with van der Waals surface area (Å²) in [6.45, 7) is 6.82. The number of imidazole rings is 4. The van der Waals surface area contributed by atoms with E-state index in [1.807, 2.05) is 23.3 Å².